The zero-order valence-electron chi connectivity index (χ0n) is 13.5. The van der Waals surface area contributed by atoms with Crippen LogP contribution in [0.3, 0.4) is 0 Å². The third kappa shape index (κ3) is 4.67. The lowest BCUT2D eigenvalue weighted by molar-refractivity contribution is 0.520. The summed E-state index contributed by atoms with van der Waals surface area (Å²) in [6.45, 7) is 6.67. The predicted molar refractivity (Wildman–Crippen MR) is 86.0 cm³/mol. The molecule has 0 bridgehead atoms. The van der Waals surface area contributed by atoms with E-state index in [1.165, 1.54) is 25.7 Å². The molecule has 0 aliphatic heterocycles. The highest BCUT2D eigenvalue weighted by Crippen LogP contribution is 2.27. The molecule has 1 aliphatic rings. The number of pyridine rings is 1. The summed E-state index contributed by atoms with van der Waals surface area (Å²) in [7, 11) is 1.95. The maximum Gasteiger partial charge on any atom is 0.170 e. The molecule has 3 nitrogen and oxygen atoms in total. The Morgan fingerprint density at radius 2 is 2.10 bits per heavy atom. The lowest BCUT2D eigenvalue weighted by Gasteiger charge is -2.23. The largest absolute Gasteiger partial charge is 0.357 e. The molecule has 1 aromatic heterocycles. The topological polar surface area (TPSA) is 28.2 Å². The van der Waals surface area contributed by atoms with Gasteiger partial charge in [0, 0.05) is 31.9 Å². The van der Waals surface area contributed by atoms with Crippen molar-refractivity contribution in [2.75, 3.05) is 25.0 Å². The minimum atomic E-state index is -0.172. The van der Waals surface area contributed by atoms with Gasteiger partial charge in [0.25, 0.3) is 0 Å². The molecule has 118 valence electrons. The van der Waals surface area contributed by atoms with Gasteiger partial charge in [0.05, 0.1) is 0 Å². The van der Waals surface area contributed by atoms with Gasteiger partial charge in [0.1, 0.15) is 0 Å². The summed E-state index contributed by atoms with van der Waals surface area (Å²) in [5.74, 6) is 1.58. The minimum Gasteiger partial charge on any atom is -0.357 e. The van der Waals surface area contributed by atoms with E-state index < -0.39 is 0 Å². The number of aromatic nitrogens is 1. The third-order valence-corrected chi connectivity index (χ3v) is 4.19. The van der Waals surface area contributed by atoms with Gasteiger partial charge in [-0.2, -0.15) is 0 Å². The first-order chi connectivity index (χ1) is 10.1. The third-order valence-electron chi connectivity index (χ3n) is 4.19. The lowest BCUT2D eigenvalue weighted by Crippen LogP contribution is -2.27. The summed E-state index contributed by atoms with van der Waals surface area (Å²) in [6.07, 6.45) is 6.88. The van der Waals surface area contributed by atoms with Crippen LogP contribution in [0.25, 0.3) is 0 Å². The van der Waals surface area contributed by atoms with Gasteiger partial charge >= 0.3 is 0 Å². The van der Waals surface area contributed by atoms with Gasteiger partial charge in [-0.05, 0) is 37.3 Å². The lowest BCUT2D eigenvalue weighted by atomic mass is 10.1. The zero-order chi connectivity index (χ0) is 15.2. The van der Waals surface area contributed by atoms with Gasteiger partial charge in [0.15, 0.2) is 11.6 Å². The van der Waals surface area contributed by atoms with E-state index in [2.05, 4.69) is 24.1 Å². The summed E-state index contributed by atoms with van der Waals surface area (Å²) in [4.78, 5) is 6.23. The van der Waals surface area contributed by atoms with E-state index in [0.717, 1.165) is 13.1 Å². The molecule has 0 saturated heterocycles. The summed E-state index contributed by atoms with van der Waals surface area (Å²) < 4.78 is 14.6. The van der Waals surface area contributed by atoms with Crippen LogP contribution in [0.4, 0.5) is 10.2 Å². The monoisotopic (exact) mass is 293 g/mol. The number of halogens is 1. The van der Waals surface area contributed by atoms with Gasteiger partial charge in [-0.1, -0.05) is 26.7 Å². The Kier molecular flexibility index (Phi) is 5.97. The quantitative estimate of drug-likeness (QED) is 0.832. The van der Waals surface area contributed by atoms with Gasteiger partial charge in [-0.15, -0.1) is 0 Å². The van der Waals surface area contributed by atoms with Crippen molar-refractivity contribution in [2.24, 2.45) is 11.8 Å². The van der Waals surface area contributed by atoms with Crippen molar-refractivity contribution in [1.82, 2.24) is 10.3 Å². The summed E-state index contributed by atoms with van der Waals surface area (Å²) in [5.41, 5.74) is 0.707. The van der Waals surface area contributed by atoms with E-state index in [4.69, 9.17) is 0 Å². The van der Waals surface area contributed by atoms with Crippen molar-refractivity contribution in [2.45, 2.75) is 46.1 Å². The van der Waals surface area contributed by atoms with E-state index in [1.807, 2.05) is 11.9 Å². The molecule has 2 rings (SSSR count). The SMILES string of the molecule is CC(C)CNCc1ccnc(N(C)CC2CCCC2)c1F. The van der Waals surface area contributed by atoms with Crippen molar-refractivity contribution >= 4 is 5.82 Å². The Bertz CT molecular complexity index is 442. The molecule has 0 radical (unpaired) electrons. The molecule has 0 atom stereocenters. The molecule has 1 saturated carbocycles. The highest BCUT2D eigenvalue weighted by Gasteiger charge is 2.20. The fourth-order valence-corrected chi connectivity index (χ4v) is 3.04. The first-order valence-corrected chi connectivity index (χ1v) is 8.13. The zero-order valence-corrected chi connectivity index (χ0v) is 13.5. The van der Waals surface area contributed by atoms with Crippen LogP contribution in [-0.2, 0) is 6.54 Å². The van der Waals surface area contributed by atoms with Crippen molar-refractivity contribution in [3.05, 3.63) is 23.6 Å². The van der Waals surface area contributed by atoms with Crippen molar-refractivity contribution in [3.63, 3.8) is 0 Å². The van der Waals surface area contributed by atoms with E-state index >= 15 is 0 Å². The van der Waals surface area contributed by atoms with Crippen LogP contribution in [-0.4, -0.2) is 25.1 Å². The Morgan fingerprint density at radius 3 is 2.76 bits per heavy atom. The van der Waals surface area contributed by atoms with Crippen molar-refractivity contribution < 1.29 is 4.39 Å². The van der Waals surface area contributed by atoms with Gasteiger partial charge in [-0.3, -0.25) is 0 Å². The Morgan fingerprint density at radius 1 is 1.38 bits per heavy atom. The normalized spacial score (nSPS) is 15.9. The van der Waals surface area contributed by atoms with Gasteiger partial charge in [-0.25, -0.2) is 9.37 Å². The Labute approximate surface area is 127 Å². The standard InChI is InChI=1S/C17H28FN3/c1-13(2)10-19-11-15-8-9-20-17(16(15)18)21(3)12-14-6-4-5-7-14/h8-9,13-14,19H,4-7,10-12H2,1-3H3. The van der Waals surface area contributed by atoms with Crippen molar-refractivity contribution in [1.29, 1.82) is 0 Å². The van der Waals surface area contributed by atoms with Gasteiger partial charge in [0.2, 0.25) is 0 Å². The Balaban J connectivity index is 1.98. The van der Waals surface area contributed by atoms with Crippen LogP contribution in [0.5, 0.6) is 0 Å². The fourth-order valence-electron chi connectivity index (χ4n) is 3.04. The average Bonchev–Trinajstić information content (AvgIpc) is 2.93. The summed E-state index contributed by atoms with van der Waals surface area (Å²) >= 11 is 0. The summed E-state index contributed by atoms with van der Waals surface area (Å²) in [6, 6.07) is 1.77. The molecule has 4 heteroatoms. The van der Waals surface area contributed by atoms with E-state index in [1.54, 1.807) is 12.3 Å². The number of rotatable bonds is 7. The second-order valence-corrected chi connectivity index (χ2v) is 6.66. The molecule has 1 heterocycles. The first-order valence-electron chi connectivity index (χ1n) is 8.13. The van der Waals surface area contributed by atoms with Crippen molar-refractivity contribution in [3.8, 4) is 0 Å². The van der Waals surface area contributed by atoms with Crippen LogP contribution in [0, 0.1) is 17.7 Å². The van der Waals surface area contributed by atoms with E-state index in [9.17, 15) is 4.39 Å². The molecule has 0 amide bonds. The number of nitrogens with zero attached hydrogens (tertiary/aromatic N) is 2. The molecular formula is C17H28FN3. The van der Waals surface area contributed by atoms with E-state index in [-0.39, 0.29) is 5.82 Å². The molecule has 21 heavy (non-hydrogen) atoms. The van der Waals surface area contributed by atoms with Gasteiger partial charge < -0.3 is 10.2 Å². The van der Waals surface area contributed by atoms with Crippen LogP contribution < -0.4 is 10.2 Å². The van der Waals surface area contributed by atoms with Crippen LogP contribution in [0.1, 0.15) is 45.1 Å². The molecule has 0 unspecified atom stereocenters. The Hall–Kier alpha value is -1.16. The molecule has 0 spiro atoms. The second kappa shape index (κ2) is 7.74. The molecular weight excluding hydrogens is 265 g/mol. The number of anilines is 1. The predicted octanol–water partition coefficient (Wildman–Crippen LogP) is 3.59. The molecule has 1 fully saturated rings. The average molecular weight is 293 g/mol. The maximum atomic E-state index is 14.6. The van der Waals surface area contributed by atoms with Crippen LogP contribution in [0.15, 0.2) is 12.3 Å². The van der Waals surface area contributed by atoms with Crippen LogP contribution >= 0.6 is 0 Å². The molecule has 0 aromatic carbocycles. The number of nitrogens with one attached hydrogen (secondary N) is 1. The first kappa shape index (κ1) is 16.2. The highest BCUT2D eigenvalue weighted by atomic mass is 19.1. The fraction of sp³-hybridized carbons (Fsp3) is 0.706. The molecule has 1 aromatic rings. The number of hydrogen-bond donors (Lipinski definition) is 1. The minimum absolute atomic E-state index is 0.172. The molecule has 1 N–H and O–H groups in total. The molecule has 1 aliphatic carbocycles. The summed E-state index contributed by atoms with van der Waals surface area (Å²) in [5, 5.41) is 3.29. The second-order valence-electron chi connectivity index (χ2n) is 6.66. The highest BCUT2D eigenvalue weighted by molar-refractivity contribution is 5.42. The number of hydrogen-bond acceptors (Lipinski definition) is 3. The van der Waals surface area contributed by atoms with E-state index in [0.29, 0.717) is 29.8 Å². The maximum absolute atomic E-state index is 14.6. The smallest absolute Gasteiger partial charge is 0.170 e. The van der Waals surface area contributed by atoms with Crippen LogP contribution in [0.2, 0.25) is 0 Å².